The van der Waals surface area contributed by atoms with E-state index < -0.39 is 16.1 Å². The minimum Gasteiger partial charge on any atom is -0.344 e. The van der Waals surface area contributed by atoms with Crippen LogP contribution in [0.2, 0.25) is 5.02 Å². The second-order valence-electron chi connectivity index (χ2n) is 8.21. The smallest absolute Gasteiger partial charge is 0.250 e. The molecular formula is C23H25ClN4O4S2. The lowest BCUT2D eigenvalue weighted by atomic mass is 10.1. The number of piperidine rings is 1. The molecule has 0 bridgehead atoms. The number of carbonyl (C=O) groups excluding carboxylic acids is 2. The normalized spacial score (nSPS) is 16.7. The van der Waals surface area contributed by atoms with E-state index in [2.05, 4.69) is 9.71 Å². The molecule has 1 saturated heterocycles. The Morgan fingerprint density at radius 1 is 1.29 bits per heavy atom. The van der Waals surface area contributed by atoms with Crippen molar-refractivity contribution in [3.05, 3.63) is 59.4 Å². The molecule has 1 aromatic carbocycles. The van der Waals surface area contributed by atoms with Crippen LogP contribution in [0.4, 0.5) is 0 Å². The fraction of sp³-hybridized carbons (Fsp3) is 0.348. The Morgan fingerprint density at radius 2 is 2.12 bits per heavy atom. The Hall–Kier alpha value is -2.53. The van der Waals surface area contributed by atoms with E-state index in [1.807, 2.05) is 18.2 Å². The number of aromatic nitrogens is 1. The Morgan fingerprint density at radius 3 is 2.88 bits per heavy atom. The lowest BCUT2D eigenvalue weighted by Gasteiger charge is -2.33. The number of fused-ring (bicyclic) bond motifs is 1. The molecule has 1 aliphatic heterocycles. The number of benzene rings is 1. The molecule has 0 spiro atoms. The number of rotatable bonds is 8. The topological polar surface area (TPSA) is 99.7 Å². The lowest BCUT2D eigenvalue weighted by Crippen LogP contribution is -2.54. The number of thiophene rings is 1. The van der Waals surface area contributed by atoms with E-state index in [0.29, 0.717) is 37.4 Å². The highest BCUT2D eigenvalue weighted by Gasteiger charge is 2.34. The summed E-state index contributed by atoms with van der Waals surface area (Å²) in [5.41, 5.74) is 0.883. The Bertz CT molecular complexity index is 1300. The third-order valence-electron chi connectivity index (χ3n) is 5.73. The van der Waals surface area contributed by atoms with E-state index >= 15 is 0 Å². The van der Waals surface area contributed by atoms with Gasteiger partial charge in [0.25, 0.3) is 10.0 Å². The van der Waals surface area contributed by atoms with Gasteiger partial charge in [0, 0.05) is 48.2 Å². The zero-order valence-corrected chi connectivity index (χ0v) is 21.0. The predicted molar refractivity (Wildman–Crippen MR) is 132 cm³/mol. The van der Waals surface area contributed by atoms with Crippen LogP contribution < -0.4 is 4.72 Å². The maximum absolute atomic E-state index is 13.0. The number of pyridine rings is 1. The molecule has 4 rings (SSSR count). The SMILES string of the molecule is CN(CCc1ccccn1)C(=O)CN1CCCC(NS(=O)(=O)c2cc3ccc(Cl)cc3s2)C1=O. The number of hydrogen-bond donors (Lipinski definition) is 1. The predicted octanol–water partition coefficient (Wildman–Crippen LogP) is 2.92. The molecular weight excluding hydrogens is 496 g/mol. The first-order valence-corrected chi connectivity index (χ1v) is 13.5. The van der Waals surface area contributed by atoms with Crippen LogP contribution in [0.1, 0.15) is 18.5 Å². The summed E-state index contributed by atoms with van der Waals surface area (Å²) in [4.78, 5) is 32.9. The van der Waals surface area contributed by atoms with Crippen LogP contribution in [0, 0.1) is 0 Å². The number of nitrogens with zero attached hydrogens (tertiary/aromatic N) is 3. The van der Waals surface area contributed by atoms with E-state index in [1.54, 1.807) is 42.4 Å². The third-order valence-corrected chi connectivity index (χ3v) is 9.01. The van der Waals surface area contributed by atoms with Crippen molar-refractivity contribution < 1.29 is 18.0 Å². The number of sulfonamides is 1. The summed E-state index contributed by atoms with van der Waals surface area (Å²) in [6, 6.07) is 11.5. The van der Waals surface area contributed by atoms with Crippen LogP contribution in [0.15, 0.2) is 52.9 Å². The van der Waals surface area contributed by atoms with Crippen LogP contribution in [0.25, 0.3) is 10.1 Å². The van der Waals surface area contributed by atoms with E-state index in [-0.39, 0.29) is 22.6 Å². The van der Waals surface area contributed by atoms with Crippen LogP contribution in [-0.2, 0) is 26.0 Å². The molecule has 1 fully saturated rings. The lowest BCUT2D eigenvalue weighted by molar-refractivity contribution is -0.142. The first-order chi connectivity index (χ1) is 16.2. The van der Waals surface area contributed by atoms with Gasteiger partial charge < -0.3 is 9.80 Å². The molecule has 1 N–H and O–H groups in total. The molecule has 3 heterocycles. The number of nitrogens with one attached hydrogen (secondary N) is 1. The zero-order valence-electron chi connectivity index (χ0n) is 18.6. The van der Waals surface area contributed by atoms with Crippen LogP contribution in [0.5, 0.6) is 0 Å². The van der Waals surface area contributed by atoms with Crippen molar-refractivity contribution in [2.24, 2.45) is 0 Å². The van der Waals surface area contributed by atoms with Gasteiger partial charge in [0.05, 0.1) is 6.54 Å². The van der Waals surface area contributed by atoms with E-state index in [9.17, 15) is 18.0 Å². The maximum Gasteiger partial charge on any atom is 0.250 e. The first kappa shape index (κ1) is 24.6. The maximum atomic E-state index is 13.0. The number of likely N-dealkylation sites (N-methyl/N-ethyl adjacent to an activating group) is 1. The zero-order chi connectivity index (χ0) is 24.3. The average molecular weight is 521 g/mol. The summed E-state index contributed by atoms with van der Waals surface area (Å²) in [7, 11) is -2.21. The highest BCUT2D eigenvalue weighted by Crippen LogP contribution is 2.31. The molecule has 180 valence electrons. The number of amides is 2. The number of halogens is 1. The molecule has 1 unspecified atom stereocenters. The van der Waals surface area contributed by atoms with Gasteiger partial charge >= 0.3 is 0 Å². The second kappa shape index (κ2) is 10.4. The minimum atomic E-state index is -3.90. The molecule has 8 nitrogen and oxygen atoms in total. The van der Waals surface area contributed by atoms with Gasteiger partial charge in [-0.05, 0) is 48.6 Å². The summed E-state index contributed by atoms with van der Waals surface area (Å²) in [5, 5.41) is 1.30. The molecule has 0 radical (unpaired) electrons. The number of hydrogen-bond acceptors (Lipinski definition) is 6. The van der Waals surface area contributed by atoms with Gasteiger partial charge in [-0.1, -0.05) is 23.7 Å². The first-order valence-electron chi connectivity index (χ1n) is 10.9. The van der Waals surface area contributed by atoms with Gasteiger partial charge in [-0.15, -0.1) is 11.3 Å². The van der Waals surface area contributed by atoms with Gasteiger partial charge in [-0.2, -0.15) is 4.72 Å². The Labute approximate surface area is 207 Å². The molecule has 2 amide bonds. The molecule has 3 aromatic rings. The standard InChI is InChI=1S/C23H25ClN4O4S2/c1-27(12-9-18-5-2-3-10-25-18)21(29)15-28-11-4-6-19(23(28)30)26-34(31,32)22-13-16-7-8-17(24)14-20(16)33-22/h2-3,5,7-8,10,13-14,19,26H,4,6,9,11-12,15H2,1H3. The largest absolute Gasteiger partial charge is 0.344 e. The summed E-state index contributed by atoms with van der Waals surface area (Å²) < 4.78 is 29.4. The molecule has 2 aromatic heterocycles. The van der Waals surface area contributed by atoms with Crippen LogP contribution in [0.3, 0.4) is 0 Å². The van der Waals surface area contributed by atoms with Crippen molar-refractivity contribution in [2.45, 2.75) is 29.5 Å². The summed E-state index contributed by atoms with van der Waals surface area (Å²) in [6.45, 7) is 0.805. The minimum absolute atomic E-state index is 0.0861. The highest BCUT2D eigenvalue weighted by atomic mass is 35.5. The molecule has 34 heavy (non-hydrogen) atoms. The molecule has 0 aliphatic carbocycles. The van der Waals surface area contributed by atoms with Crippen molar-refractivity contribution in [2.75, 3.05) is 26.7 Å². The van der Waals surface area contributed by atoms with Gasteiger partial charge in [0.2, 0.25) is 11.8 Å². The fourth-order valence-corrected chi connectivity index (χ4v) is 6.72. The Balaban J connectivity index is 1.37. The van der Waals surface area contributed by atoms with Crippen LogP contribution in [-0.4, -0.2) is 67.7 Å². The number of carbonyl (C=O) groups is 2. The highest BCUT2D eigenvalue weighted by molar-refractivity contribution is 7.91. The summed E-state index contributed by atoms with van der Waals surface area (Å²) in [6.07, 6.45) is 3.30. The van der Waals surface area contributed by atoms with Crippen LogP contribution >= 0.6 is 22.9 Å². The van der Waals surface area contributed by atoms with Crippen molar-refractivity contribution in [3.63, 3.8) is 0 Å². The van der Waals surface area contributed by atoms with E-state index in [1.165, 1.54) is 4.90 Å². The summed E-state index contributed by atoms with van der Waals surface area (Å²) in [5.74, 6) is -0.584. The van der Waals surface area contributed by atoms with Crippen molar-refractivity contribution in [3.8, 4) is 0 Å². The quantitative estimate of drug-likeness (QED) is 0.492. The van der Waals surface area contributed by atoms with E-state index in [0.717, 1.165) is 27.1 Å². The van der Waals surface area contributed by atoms with Crippen molar-refractivity contribution in [1.29, 1.82) is 0 Å². The van der Waals surface area contributed by atoms with Gasteiger partial charge in [-0.25, -0.2) is 8.42 Å². The van der Waals surface area contributed by atoms with Crippen molar-refractivity contribution in [1.82, 2.24) is 19.5 Å². The Kier molecular flexibility index (Phi) is 7.51. The molecule has 1 aliphatic rings. The monoisotopic (exact) mass is 520 g/mol. The third kappa shape index (κ3) is 5.75. The van der Waals surface area contributed by atoms with Gasteiger partial charge in [-0.3, -0.25) is 14.6 Å². The van der Waals surface area contributed by atoms with Gasteiger partial charge in [0.1, 0.15) is 10.3 Å². The second-order valence-corrected chi connectivity index (χ2v) is 11.7. The molecule has 0 saturated carbocycles. The van der Waals surface area contributed by atoms with Crippen molar-refractivity contribution >= 4 is 54.9 Å². The average Bonchev–Trinajstić information content (AvgIpc) is 3.25. The fourth-order valence-electron chi connectivity index (χ4n) is 3.80. The summed E-state index contributed by atoms with van der Waals surface area (Å²) >= 11 is 7.11. The van der Waals surface area contributed by atoms with Gasteiger partial charge in [0.15, 0.2) is 0 Å². The molecule has 1 atom stereocenters. The number of likely N-dealkylation sites (tertiary alicyclic amines) is 1. The molecule has 11 heteroatoms. The van der Waals surface area contributed by atoms with E-state index in [4.69, 9.17) is 11.6 Å².